The summed E-state index contributed by atoms with van der Waals surface area (Å²) in [5, 5.41) is 3.98. The number of carbonyl (C=O) groups excluding carboxylic acids is 1. The van der Waals surface area contributed by atoms with Gasteiger partial charge >= 0.3 is 5.97 Å². The Morgan fingerprint density at radius 1 is 1.71 bits per heavy atom. The Kier molecular flexibility index (Phi) is 3.50. The van der Waals surface area contributed by atoms with Gasteiger partial charge in [-0.3, -0.25) is 4.68 Å². The first kappa shape index (κ1) is 10.6. The largest absolute Gasteiger partial charge is 0.464 e. The summed E-state index contributed by atoms with van der Waals surface area (Å²) in [4.78, 5) is 11.5. The van der Waals surface area contributed by atoms with E-state index in [0.29, 0.717) is 18.7 Å². The van der Waals surface area contributed by atoms with E-state index in [0.717, 1.165) is 0 Å². The minimum atomic E-state index is -0.368. The number of nitrogens with two attached hydrogens (primary N) is 1. The summed E-state index contributed by atoms with van der Waals surface area (Å²) in [5.74, 6) is -0.266. The molecule has 0 radical (unpaired) electrons. The van der Waals surface area contributed by atoms with Crippen LogP contribution in [0.15, 0.2) is 12.4 Å². The highest BCUT2D eigenvalue weighted by atomic mass is 16.5. The maximum absolute atomic E-state index is 11.5. The van der Waals surface area contributed by atoms with E-state index in [9.17, 15) is 4.79 Å². The number of esters is 1. The Hall–Kier alpha value is -1.52. The predicted molar refractivity (Wildman–Crippen MR) is 52.6 cm³/mol. The molecule has 1 atom stereocenters. The van der Waals surface area contributed by atoms with Crippen LogP contribution in [0.1, 0.15) is 26.3 Å². The zero-order valence-corrected chi connectivity index (χ0v) is 8.43. The molecule has 14 heavy (non-hydrogen) atoms. The van der Waals surface area contributed by atoms with Gasteiger partial charge in [0.05, 0.1) is 18.5 Å². The molecule has 2 N–H and O–H groups in total. The van der Waals surface area contributed by atoms with Crippen molar-refractivity contribution in [3.8, 4) is 0 Å². The van der Waals surface area contributed by atoms with Crippen LogP contribution >= 0.6 is 0 Å². The van der Waals surface area contributed by atoms with Gasteiger partial charge in [0.15, 0.2) is 0 Å². The lowest BCUT2D eigenvalue weighted by Gasteiger charge is -2.13. The van der Waals surface area contributed by atoms with Gasteiger partial charge in [-0.2, -0.15) is 5.10 Å². The molecule has 78 valence electrons. The van der Waals surface area contributed by atoms with Crippen LogP contribution in [0.2, 0.25) is 0 Å². The summed E-state index contributed by atoms with van der Waals surface area (Å²) < 4.78 is 6.45. The number of carbonyl (C=O) groups is 1. The van der Waals surface area contributed by atoms with Crippen LogP contribution < -0.4 is 5.73 Å². The fourth-order valence-electron chi connectivity index (χ4n) is 1.22. The fourth-order valence-corrected chi connectivity index (χ4v) is 1.22. The van der Waals surface area contributed by atoms with Crippen molar-refractivity contribution in [2.45, 2.75) is 26.3 Å². The number of rotatable bonds is 4. The molecule has 0 aliphatic carbocycles. The summed E-state index contributed by atoms with van der Waals surface area (Å²) in [5.41, 5.74) is 6.06. The van der Waals surface area contributed by atoms with Gasteiger partial charge in [-0.05, 0) is 13.3 Å². The number of anilines is 1. The van der Waals surface area contributed by atoms with Gasteiger partial charge in [0, 0.05) is 6.20 Å². The van der Waals surface area contributed by atoms with Crippen molar-refractivity contribution in [1.29, 1.82) is 0 Å². The molecule has 0 bridgehead atoms. The highest BCUT2D eigenvalue weighted by Gasteiger charge is 2.19. The lowest BCUT2D eigenvalue weighted by Crippen LogP contribution is -2.21. The average molecular weight is 197 g/mol. The molecule has 0 aliphatic rings. The van der Waals surface area contributed by atoms with E-state index in [1.54, 1.807) is 13.1 Å². The molecule has 0 aromatic carbocycles. The van der Waals surface area contributed by atoms with Gasteiger partial charge in [0.2, 0.25) is 0 Å². The molecule has 0 amide bonds. The second kappa shape index (κ2) is 4.64. The maximum atomic E-state index is 11.5. The van der Waals surface area contributed by atoms with Crippen LogP contribution in [0.4, 0.5) is 5.69 Å². The van der Waals surface area contributed by atoms with E-state index in [1.165, 1.54) is 10.9 Å². The lowest BCUT2D eigenvalue weighted by atomic mass is 10.2. The van der Waals surface area contributed by atoms with Crippen LogP contribution in [0.5, 0.6) is 0 Å². The third-order valence-electron chi connectivity index (χ3n) is 1.89. The van der Waals surface area contributed by atoms with E-state index in [1.807, 2.05) is 6.92 Å². The van der Waals surface area contributed by atoms with E-state index in [4.69, 9.17) is 10.5 Å². The molecular formula is C9H15N3O2. The standard InChI is InChI=1S/C9H15N3O2/c1-3-8(9(13)14-4-2)12-6-7(10)5-11-12/h5-6,8H,3-4,10H2,1-2H3. The molecule has 1 heterocycles. The van der Waals surface area contributed by atoms with Crippen molar-refractivity contribution < 1.29 is 9.53 Å². The molecule has 0 saturated carbocycles. The number of nitrogens with zero attached hydrogens (tertiary/aromatic N) is 2. The van der Waals surface area contributed by atoms with Crippen LogP contribution in [-0.4, -0.2) is 22.4 Å². The first-order chi connectivity index (χ1) is 6.69. The predicted octanol–water partition coefficient (Wildman–Crippen LogP) is 0.980. The number of hydrogen-bond donors (Lipinski definition) is 1. The molecule has 0 fully saturated rings. The average Bonchev–Trinajstić information content (AvgIpc) is 2.54. The molecule has 1 rings (SSSR count). The summed E-state index contributed by atoms with van der Waals surface area (Å²) >= 11 is 0. The van der Waals surface area contributed by atoms with Gasteiger partial charge in [-0.15, -0.1) is 0 Å². The third kappa shape index (κ3) is 2.25. The van der Waals surface area contributed by atoms with E-state index < -0.39 is 0 Å². The number of nitrogen functional groups attached to an aromatic ring is 1. The fraction of sp³-hybridized carbons (Fsp3) is 0.556. The summed E-state index contributed by atoms with van der Waals surface area (Å²) in [6.07, 6.45) is 3.78. The topological polar surface area (TPSA) is 70.1 Å². The van der Waals surface area contributed by atoms with Crippen molar-refractivity contribution in [3.05, 3.63) is 12.4 Å². The van der Waals surface area contributed by atoms with Crippen molar-refractivity contribution in [2.24, 2.45) is 0 Å². The van der Waals surface area contributed by atoms with Crippen LogP contribution in [-0.2, 0) is 9.53 Å². The highest BCUT2D eigenvalue weighted by Crippen LogP contribution is 2.13. The van der Waals surface area contributed by atoms with E-state index in [-0.39, 0.29) is 12.0 Å². The molecule has 1 unspecified atom stereocenters. The zero-order chi connectivity index (χ0) is 10.6. The number of ether oxygens (including phenoxy) is 1. The van der Waals surface area contributed by atoms with Crippen LogP contribution in [0.3, 0.4) is 0 Å². The normalized spacial score (nSPS) is 12.4. The molecule has 5 heteroatoms. The van der Waals surface area contributed by atoms with Crippen molar-refractivity contribution in [3.63, 3.8) is 0 Å². The van der Waals surface area contributed by atoms with Gasteiger partial charge in [0.25, 0.3) is 0 Å². The molecule has 0 saturated heterocycles. The monoisotopic (exact) mass is 197 g/mol. The van der Waals surface area contributed by atoms with E-state index in [2.05, 4.69) is 5.10 Å². The molecule has 0 spiro atoms. The van der Waals surface area contributed by atoms with Crippen LogP contribution in [0, 0.1) is 0 Å². The zero-order valence-electron chi connectivity index (χ0n) is 8.43. The molecule has 5 nitrogen and oxygen atoms in total. The van der Waals surface area contributed by atoms with Gasteiger partial charge in [0.1, 0.15) is 6.04 Å². The van der Waals surface area contributed by atoms with Crippen molar-refractivity contribution in [1.82, 2.24) is 9.78 Å². The van der Waals surface area contributed by atoms with Crippen molar-refractivity contribution >= 4 is 11.7 Å². The molecule has 0 aliphatic heterocycles. The number of aromatic nitrogens is 2. The van der Waals surface area contributed by atoms with Gasteiger partial charge in [-0.25, -0.2) is 4.79 Å². The SMILES string of the molecule is CCOC(=O)C(CC)n1cc(N)cn1. The second-order valence-corrected chi connectivity index (χ2v) is 2.93. The number of hydrogen-bond acceptors (Lipinski definition) is 4. The summed E-state index contributed by atoms with van der Waals surface area (Å²) in [7, 11) is 0. The smallest absolute Gasteiger partial charge is 0.330 e. The minimum absolute atomic E-state index is 0.266. The Morgan fingerprint density at radius 2 is 2.43 bits per heavy atom. The Bertz CT molecular complexity index is 309. The Labute approximate surface area is 82.8 Å². The summed E-state index contributed by atoms with van der Waals surface area (Å²) in [6.45, 7) is 4.06. The summed E-state index contributed by atoms with van der Waals surface area (Å²) in [6, 6.07) is -0.368. The first-order valence-electron chi connectivity index (χ1n) is 4.65. The highest BCUT2D eigenvalue weighted by molar-refractivity contribution is 5.74. The Morgan fingerprint density at radius 3 is 2.86 bits per heavy atom. The quantitative estimate of drug-likeness (QED) is 0.730. The Balaban J connectivity index is 2.76. The lowest BCUT2D eigenvalue weighted by molar-refractivity contribution is -0.147. The van der Waals surface area contributed by atoms with E-state index >= 15 is 0 Å². The van der Waals surface area contributed by atoms with Crippen molar-refractivity contribution in [2.75, 3.05) is 12.3 Å². The molecular weight excluding hydrogens is 182 g/mol. The second-order valence-electron chi connectivity index (χ2n) is 2.93. The van der Waals surface area contributed by atoms with Crippen LogP contribution in [0.25, 0.3) is 0 Å². The maximum Gasteiger partial charge on any atom is 0.330 e. The van der Waals surface area contributed by atoms with Gasteiger partial charge in [-0.1, -0.05) is 6.92 Å². The molecule has 1 aromatic rings. The van der Waals surface area contributed by atoms with Gasteiger partial charge < -0.3 is 10.5 Å². The minimum Gasteiger partial charge on any atom is -0.464 e. The first-order valence-corrected chi connectivity index (χ1v) is 4.65. The third-order valence-corrected chi connectivity index (χ3v) is 1.89. The molecule has 1 aromatic heterocycles.